The lowest BCUT2D eigenvalue weighted by Crippen LogP contribution is -2.24. The number of benzene rings is 1. The molecule has 0 saturated heterocycles. The fourth-order valence-electron chi connectivity index (χ4n) is 4.43. The van der Waals surface area contributed by atoms with E-state index in [0.29, 0.717) is 22.2 Å². The Bertz CT molecular complexity index is 938. The smallest absolute Gasteiger partial charge is 0.200 e. The fourth-order valence-corrected chi connectivity index (χ4v) is 4.43. The Morgan fingerprint density at radius 2 is 1.96 bits per heavy atom. The molecule has 1 aliphatic rings. The van der Waals surface area contributed by atoms with Crippen LogP contribution in [0.3, 0.4) is 0 Å². The van der Waals surface area contributed by atoms with Crippen LogP contribution in [-0.2, 0) is 0 Å². The van der Waals surface area contributed by atoms with E-state index in [1.165, 1.54) is 6.42 Å². The van der Waals surface area contributed by atoms with Crippen LogP contribution in [0.25, 0.3) is 16.7 Å². The van der Waals surface area contributed by atoms with Crippen LogP contribution in [0.5, 0.6) is 0 Å². The maximum absolute atomic E-state index is 15.2. The first-order chi connectivity index (χ1) is 13.4. The number of aromatic nitrogens is 1. The molecule has 4 nitrogen and oxygen atoms in total. The average Bonchev–Trinajstić information content (AvgIpc) is 2.68. The number of aryl methyl sites for hydroxylation is 1. The minimum absolute atomic E-state index is 0.134. The first-order valence-electron chi connectivity index (χ1n) is 10.4. The lowest BCUT2D eigenvalue weighted by atomic mass is 9.95. The van der Waals surface area contributed by atoms with Crippen molar-refractivity contribution >= 4 is 22.3 Å². The molecule has 0 bridgehead atoms. The van der Waals surface area contributed by atoms with Gasteiger partial charge in [-0.15, -0.1) is 0 Å². The van der Waals surface area contributed by atoms with Crippen molar-refractivity contribution in [3.05, 3.63) is 46.0 Å². The quantitative estimate of drug-likeness (QED) is 0.591. The molecule has 1 aromatic carbocycles. The molecule has 3 rings (SSSR count). The molecule has 1 fully saturated rings. The molecule has 152 valence electrons. The third-order valence-corrected chi connectivity index (χ3v) is 6.11. The molecular weight excluding hydrogens is 355 g/mol. The van der Waals surface area contributed by atoms with Crippen LogP contribution in [0.4, 0.5) is 10.1 Å². The molecule has 2 aromatic rings. The van der Waals surface area contributed by atoms with Crippen molar-refractivity contribution in [1.29, 1.82) is 0 Å². The molecule has 1 aromatic heterocycles. The highest BCUT2D eigenvalue weighted by molar-refractivity contribution is 5.88. The summed E-state index contributed by atoms with van der Waals surface area (Å²) in [7, 11) is 0. The molecule has 0 unspecified atom stereocenters. The minimum Gasteiger partial charge on any atom is -0.508 e. The van der Waals surface area contributed by atoms with Gasteiger partial charge in [0.1, 0.15) is 11.6 Å². The second-order valence-corrected chi connectivity index (χ2v) is 7.93. The number of aliphatic hydroxyl groups excluding tert-OH is 1. The normalized spacial score (nSPS) is 15.3. The zero-order valence-electron chi connectivity index (χ0n) is 17.1. The van der Waals surface area contributed by atoms with Crippen LogP contribution in [0, 0.1) is 12.7 Å². The van der Waals surface area contributed by atoms with Crippen LogP contribution in [0.1, 0.15) is 76.0 Å². The van der Waals surface area contributed by atoms with E-state index in [1.807, 2.05) is 4.57 Å². The van der Waals surface area contributed by atoms with E-state index < -0.39 is 0 Å². The second kappa shape index (κ2) is 8.38. The van der Waals surface area contributed by atoms with Gasteiger partial charge in [0.05, 0.1) is 22.2 Å². The fraction of sp³-hybridized carbons (Fsp3) is 0.522. The van der Waals surface area contributed by atoms with Gasteiger partial charge in [-0.2, -0.15) is 0 Å². The van der Waals surface area contributed by atoms with Gasteiger partial charge in [-0.1, -0.05) is 39.7 Å². The van der Waals surface area contributed by atoms with Gasteiger partial charge in [0.25, 0.3) is 0 Å². The van der Waals surface area contributed by atoms with E-state index in [-0.39, 0.29) is 34.7 Å². The Balaban J connectivity index is 2.25. The molecular formula is C23H31FN2O2. The Morgan fingerprint density at radius 3 is 2.54 bits per heavy atom. The van der Waals surface area contributed by atoms with Gasteiger partial charge >= 0.3 is 0 Å². The number of aliphatic hydroxyl groups is 1. The first kappa shape index (κ1) is 20.4. The van der Waals surface area contributed by atoms with Crippen LogP contribution < -0.4 is 10.7 Å². The first-order valence-corrected chi connectivity index (χ1v) is 10.4. The number of anilines is 1. The van der Waals surface area contributed by atoms with Crippen molar-refractivity contribution in [1.82, 2.24) is 4.57 Å². The van der Waals surface area contributed by atoms with E-state index >= 15 is 4.39 Å². The van der Waals surface area contributed by atoms with Gasteiger partial charge in [0.2, 0.25) is 5.43 Å². The topological polar surface area (TPSA) is 54.3 Å². The highest BCUT2D eigenvalue weighted by Crippen LogP contribution is 2.32. The van der Waals surface area contributed by atoms with Gasteiger partial charge < -0.3 is 15.0 Å². The number of hydrogen-bond acceptors (Lipinski definition) is 3. The standard InChI is InChI=1S/C23H31FN2O2/c1-5-17(6-2)26-13-18(15(4)27)23(28)21-14(3)22(24)19(12-20(21)26)25-16-10-8-7-9-11-16/h12-13,16-17,25,27H,4-11H2,1-3H3. The summed E-state index contributed by atoms with van der Waals surface area (Å²) in [6.07, 6.45) is 9.05. The van der Waals surface area contributed by atoms with Gasteiger partial charge in [-0.05, 0) is 38.7 Å². The number of rotatable bonds is 6. The van der Waals surface area contributed by atoms with Gasteiger partial charge in [-0.25, -0.2) is 4.39 Å². The third kappa shape index (κ3) is 3.67. The molecule has 1 heterocycles. The lowest BCUT2D eigenvalue weighted by molar-refractivity contribution is 0.460. The summed E-state index contributed by atoms with van der Waals surface area (Å²) in [6.45, 7) is 9.35. The van der Waals surface area contributed by atoms with Gasteiger partial charge in [0, 0.05) is 23.8 Å². The third-order valence-electron chi connectivity index (χ3n) is 6.11. The van der Waals surface area contributed by atoms with Crippen LogP contribution in [0.15, 0.2) is 23.6 Å². The van der Waals surface area contributed by atoms with Crippen LogP contribution in [0.2, 0.25) is 0 Å². The summed E-state index contributed by atoms with van der Waals surface area (Å²) >= 11 is 0. The van der Waals surface area contributed by atoms with E-state index in [9.17, 15) is 9.90 Å². The molecule has 1 aliphatic carbocycles. The van der Waals surface area contributed by atoms with Crippen molar-refractivity contribution in [3.63, 3.8) is 0 Å². The molecule has 5 heteroatoms. The molecule has 0 amide bonds. The summed E-state index contributed by atoms with van der Waals surface area (Å²) in [4.78, 5) is 13.0. The Kier molecular flexibility index (Phi) is 6.11. The summed E-state index contributed by atoms with van der Waals surface area (Å²) in [6, 6.07) is 2.19. The molecule has 0 radical (unpaired) electrons. The Hall–Kier alpha value is -2.30. The van der Waals surface area contributed by atoms with Crippen molar-refractivity contribution in [3.8, 4) is 0 Å². The van der Waals surface area contributed by atoms with Gasteiger partial charge in [-0.3, -0.25) is 4.79 Å². The molecule has 2 N–H and O–H groups in total. The Labute approximate surface area is 166 Å². The second-order valence-electron chi connectivity index (χ2n) is 7.93. The lowest BCUT2D eigenvalue weighted by Gasteiger charge is -2.26. The number of nitrogens with zero attached hydrogens (tertiary/aromatic N) is 1. The summed E-state index contributed by atoms with van der Waals surface area (Å²) in [5.41, 5.74) is 1.26. The minimum atomic E-state index is -0.382. The largest absolute Gasteiger partial charge is 0.508 e. The number of fused-ring (bicyclic) bond motifs is 1. The average molecular weight is 387 g/mol. The molecule has 28 heavy (non-hydrogen) atoms. The predicted octanol–water partition coefficient (Wildman–Crippen LogP) is 6.08. The number of pyridine rings is 1. The van der Waals surface area contributed by atoms with Crippen molar-refractivity contribution < 1.29 is 9.50 Å². The Morgan fingerprint density at radius 1 is 1.32 bits per heavy atom. The molecule has 0 spiro atoms. The highest BCUT2D eigenvalue weighted by Gasteiger charge is 2.22. The molecule has 0 atom stereocenters. The zero-order valence-corrected chi connectivity index (χ0v) is 17.1. The molecule has 1 saturated carbocycles. The number of halogens is 1. The summed E-state index contributed by atoms with van der Waals surface area (Å²) < 4.78 is 17.2. The van der Waals surface area contributed by atoms with Crippen molar-refractivity contribution in [2.24, 2.45) is 0 Å². The maximum Gasteiger partial charge on any atom is 0.200 e. The zero-order chi connectivity index (χ0) is 20.4. The molecule has 0 aliphatic heterocycles. The van der Waals surface area contributed by atoms with Gasteiger partial charge in [0.15, 0.2) is 0 Å². The number of hydrogen-bond donors (Lipinski definition) is 2. The maximum atomic E-state index is 15.2. The summed E-state index contributed by atoms with van der Waals surface area (Å²) in [5.74, 6) is -0.664. The van der Waals surface area contributed by atoms with Crippen molar-refractivity contribution in [2.75, 3.05) is 5.32 Å². The van der Waals surface area contributed by atoms with E-state index in [0.717, 1.165) is 38.5 Å². The SMILES string of the molecule is C=C(O)c1cn(C(CC)CC)c2cc(NC3CCCCC3)c(F)c(C)c2c1=O. The highest BCUT2D eigenvalue weighted by atomic mass is 19.1. The monoisotopic (exact) mass is 386 g/mol. The van der Waals surface area contributed by atoms with Crippen molar-refractivity contribution in [2.45, 2.75) is 77.8 Å². The summed E-state index contributed by atoms with van der Waals surface area (Å²) in [5, 5.41) is 13.6. The number of nitrogens with one attached hydrogen (secondary N) is 1. The van der Waals surface area contributed by atoms with E-state index in [4.69, 9.17) is 0 Å². The predicted molar refractivity (Wildman–Crippen MR) is 115 cm³/mol. The van der Waals surface area contributed by atoms with Crippen LogP contribution >= 0.6 is 0 Å². The van der Waals surface area contributed by atoms with E-state index in [2.05, 4.69) is 25.7 Å². The van der Waals surface area contributed by atoms with E-state index in [1.54, 1.807) is 19.2 Å². The van der Waals surface area contributed by atoms with Crippen LogP contribution in [-0.4, -0.2) is 15.7 Å².